The Bertz CT molecular complexity index is 833. The molecule has 0 saturated carbocycles. The number of nitrogens with one attached hydrogen (secondary N) is 1. The van der Waals surface area contributed by atoms with Gasteiger partial charge in [-0.25, -0.2) is 9.78 Å². The molecular weight excluding hydrogens is 288 g/mol. The normalized spacial score (nSPS) is 10.5. The molecule has 3 rings (SSSR count). The topological polar surface area (TPSA) is 62.2 Å². The number of pyridine rings is 1. The molecule has 0 aliphatic carbocycles. The van der Waals surface area contributed by atoms with Crippen molar-refractivity contribution in [3.63, 3.8) is 0 Å². The Kier molecular flexibility index (Phi) is 3.46. The number of benzene rings is 2. The zero-order valence-corrected chi connectivity index (χ0v) is 11.6. The van der Waals surface area contributed by atoms with E-state index in [4.69, 9.17) is 11.6 Å². The second-order valence-electron chi connectivity index (χ2n) is 4.52. The number of carboxylic acids is 1. The van der Waals surface area contributed by atoms with Gasteiger partial charge in [-0.05, 0) is 30.3 Å². The van der Waals surface area contributed by atoms with Gasteiger partial charge in [0, 0.05) is 16.1 Å². The maximum absolute atomic E-state index is 11.4. The second kappa shape index (κ2) is 5.42. The van der Waals surface area contributed by atoms with E-state index in [0.29, 0.717) is 16.5 Å². The van der Waals surface area contributed by atoms with Gasteiger partial charge in [0.15, 0.2) is 0 Å². The maximum atomic E-state index is 11.4. The molecule has 0 aliphatic rings. The van der Waals surface area contributed by atoms with E-state index in [-0.39, 0.29) is 5.56 Å². The molecule has 3 aromatic rings. The van der Waals surface area contributed by atoms with Crippen molar-refractivity contribution >= 4 is 40.0 Å². The van der Waals surface area contributed by atoms with Crippen LogP contribution in [0.2, 0.25) is 5.02 Å². The fourth-order valence-corrected chi connectivity index (χ4v) is 2.27. The van der Waals surface area contributed by atoms with Crippen LogP contribution in [0.25, 0.3) is 10.9 Å². The standard InChI is InChI=1S/C16H11ClN2O2/c17-11-5-3-6-12(9-11)18-15-13(16(20)21)8-10-4-1-2-7-14(10)19-15/h1-9H,(H,18,19)(H,20,21). The lowest BCUT2D eigenvalue weighted by Crippen LogP contribution is -2.05. The number of rotatable bonds is 3. The van der Waals surface area contributed by atoms with Crippen molar-refractivity contribution < 1.29 is 9.90 Å². The number of nitrogens with zero attached hydrogens (tertiary/aromatic N) is 1. The van der Waals surface area contributed by atoms with Gasteiger partial charge in [0.1, 0.15) is 11.4 Å². The third kappa shape index (κ3) is 2.80. The summed E-state index contributed by atoms with van der Waals surface area (Å²) in [6.45, 7) is 0. The molecule has 0 bridgehead atoms. The van der Waals surface area contributed by atoms with E-state index in [9.17, 15) is 9.90 Å². The quantitative estimate of drug-likeness (QED) is 0.755. The van der Waals surface area contributed by atoms with E-state index >= 15 is 0 Å². The zero-order valence-electron chi connectivity index (χ0n) is 10.9. The maximum Gasteiger partial charge on any atom is 0.339 e. The molecule has 0 aliphatic heterocycles. The van der Waals surface area contributed by atoms with E-state index in [1.165, 1.54) is 0 Å². The molecule has 2 N–H and O–H groups in total. The van der Waals surface area contributed by atoms with E-state index in [2.05, 4.69) is 10.3 Å². The summed E-state index contributed by atoms with van der Waals surface area (Å²) in [6, 6.07) is 16.0. The molecule has 104 valence electrons. The molecule has 5 heteroatoms. The molecule has 0 radical (unpaired) electrons. The van der Waals surface area contributed by atoms with Gasteiger partial charge in [-0.1, -0.05) is 35.9 Å². The van der Waals surface area contributed by atoms with Crippen LogP contribution < -0.4 is 5.32 Å². The van der Waals surface area contributed by atoms with E-state index in [0.717, 1.165) is 10.9 Å². The number of hydrogen-bond acceptors (Lipinski definition) is 3. The minimum atomic E-state index is -1.03. The van der Waals surface area contributed by atoms with Crippen LogP contribution in [-0.4, -0.2) is 16.1 Å². The van der Waals surface area contributed by atoms with Gasteiger partial charge in [0.25, 0.3) is 0 Å². The molecule has 1 heterocycles. The van der Waals surface area contributed by atoms with Gasteiger partial charge in [-0.15, -0.1) is 0 Å². The lowest BCUT2D eigenvalue weighted by atomic mass is 10.1. The summed E-state index contributed by atoms with van der Waals surface area (Å²) in [5, 5.41) is 13.7. The smallest absolute Gasteiger partial charge is 0.339 e. The summed E-state index contributed by atoms with van der Waals surface area (Å²) in [6.07, 6.45) is 0. The summed E-state index contributed by atoms with van der Waals surface area (Å²) >= 11 is 5.93. The molecule has 0 atom stereocenters. The fraction of sp³-hybridized carbons (Fsp3) is 0. The number of para-hydroxylation sites is 1. The van der Waals surface area contributed by atoms with E-state index in [1.807, 2.05) is 24.3 Å². The number of hydrogen-bond donors (Lipinski definition) is 2. The van der Waals surface area contributed by atoms with Crippen LogP contribution in [0.3, 0.4) is 0 Å². The number of halogens is 1. The highest BCUT2D eigenvalue weighted by Gasteiger charge is 2.13. The third-order valence-corrected chi connectivity index (χ3v) is 3.28. The highest BCUT2D eigenvalue weighted by Crippen LogP contribution is 2.25. The average Bonchev–Trinajstić information content (AvgIpc) is 2.46. The van der Waals surface area contributed by atoms with E-state index < -0.39 is 5.97 Å². The molecule has 0 saturated heterocycles. The van der Waals surface area contributed by atoms with Crippen molar-refractivity contribution in [1.82, 2.24) is 4.98 Å². The first-order chi connectivity index (χ1) is 10.1. The Balaban J connectivity index is 2.11. The van der Waals surface area contributed by atoms with Crippen molar-refractivity contribution in [2.45, 2.75) is 0 Å². The Hall–Kier alpha value is -2.59. The predicted molar refractivity (Wildman–Crippen MR) is 83.4 cm³/mol. The van der Waals surface area contributed by atoms with Crippen molar-refractivity contribution in [2.75, 3.05) is 5.32 Å². The lowest BCUT2D eigenvalue weighted by molar-refractivity contribution is 0.0698. The van der Waals surface area contributed by atoms with Gasteiger partial charge in [0.05, 0.1) is 5.52 Å². The van der Waals surface area contributed by atoms with Gasteiger partial charge >= 0.3 is 5.97 Å². The van der Waals surface area contributed by atoms with Gasteiger partial charge < -0.3 is 10.4 Å². The SMILES string of the molecule is O=C(O)c1cc2ccccc2nc1Nc1cccc(Cl)c1. The zero-order chi connectivity index (χ0) is 14.8. The highest BCUT2D eigenvalue weighted by atomic mass is 35.5. The molecule has 0 spiro atoms. The van der Waals surface area contributed by atoms with Crippen LogP contribution in [0, 0.1) is 0 Å². The summed E-state index contributed by atoms with van der Waals surface area (Å²) in [5.74, 6) is -0.735. The minimum Gasteiger partial charge on any atom is -0.478 e. The Labute approximate surface area is 126 Å². The van der Waals surface area contributed by atoms with Crippen LogP contribution in [0.5, 0.6) is 0 Å². The van der Waals surface area contributed by atoms with Crippen molar-refractivity contribution in [1.29, 1.82) is 0 Å². The monoisotopic (exact) mass is 298 g/mol. The van der Waals surface area contributed by atoms with Gasteiger partial charge in [0.2, 0.25) is 0 Å². The van der Waals surface area contributed by atoms with Gasteiger partial charge in [-0.2, -0.15) is 0 Å². The van der Waals surface area contributed by atoms with Crippen molar-refractivity contribution in [3.05, 3.63) is 65.2 Å². The Morgan fingerprint density at radius 3 is 2.67 bits per heavy atom. The lowest BCUT2D eigenvalue weighted by Gasteiger charge is -2.10. The Morgan fingerprint density at radius 1 is 1.10 bits per heavy atom. The van der Waals surface area contributed by atoms with Crippen molar-refractivity contribution in [2.24, 2.45) is 0 Å². The van der Waals surface area contributed by atoms with Crippen molar-refractivity contribution in [3.8, 4) is 0 Å². The molecule has 1 aromatic heterocycles. The number of anilines is 2. The first-order valence-corrected chi connectivity index (χ1v) is 6.67. The summed E-state index contributed by atoms with van der Waals surface area (Å²) < 4.78 is 0. The molecule has 21 heavy (non-hydrogen) atoms. The number of aromatic nitrogens is 1. The average molecular weight is 299 g/mol. The summed E-state index contributed by atoms with van der Waals surface area (Å²) in [4.78, 5) is 15.8. The first kappa shape index (κ1) is 13.4. The molecular formula is C16H11ClN2O2. The number of carbonyl (C=O) groups is 1. The molecule has 2 aromatic carbocycles. The predicted octanol–water partition coefficient (Wildman–Crippen LogP) is 4.33. The van der Waals surface area contributed by atoms with E-state index in [1.54, 1.807) is 30.3 Å². The Morgan fingerprint density at radius 2 is 1.90 bits per heavy atom. The largest absolute Gasteiger partial charge is 0.478 e. The minimum absolute atomic E-state index is 0.119. The number of fused-ring (bicyclic) bond motifs is 1. The summed E-state index contributed by atoms with van der Waals surface area (Å²) in [7, 11) is 0. The molecule has 0 fully saturated rings. The first-order valence-electron chi connectivity index (χ1n) is 6.29. The summed E-state index contributed by atoms with van der Waals surface area (Å²) in [5.41, 5.74) is 1.54. The highest BCUT2D eigenvalue weighted by molar-refractivity contribution is 6.30. The van der Waals surface area contributed by atoms with Crippen LogP contribution in [0.4, 0.5) is 11.5 Å². The van der Waals surface area contributed by atoms with Crippen LogP contribution in [0.1, 0.15) is 10.4 Å². The number of aromatic carboxylic acids is 1. The van der Waals surface area contributed by atoms with Crippen LogP contribution in [0.15, 0.2) is 54.6 Å². The molecule has 0 unspecified atom stereocenters. The van der Waals surface area contributed by atoms with Gasteiger partial charge in [-0.3, -0.25) is 0 Å². The third-order valence-electron chi connectivity index (χ3n) is 3.04. The van der Waals surface area contributed by atoms with Crippen LogP contribution in [-0.2, 0) is 0 Å². The molecule has 0 amide bonds. The van der Waals surface area contributed by atoms with Crippen LogP contribution >= 0.6 is 11.6 Å². The molecule has 4 nitrogen and oxygen atoms in total. The fourth-order valence-electron chi connectivity index (χ4n) is 2.08. The number of carboxylic acid groups (broad SMARTS) is 1. The second-order valence-corrected chi connectivity index (χ2v) is 4.95.